The Morgan fingerprint density at radius 2 is 0.661 bits per heavy atom. The van der Waals surface area contributed by atoms with Crippen molar-refractivity contribution in [1.82, 2.24) is 0 Å². The van der Waals surface area contributed by atoms with Crippen LogP contribution >= 0.6 is 0 Å². The quantitative estimate of drug-likeness (QED) is 0.268. The average molecular weight is 767 g/mol. The van der Waals surface area contributed by atoms with Crippen molar-refractivity contribution in [3.05, 3.63) is 0 Å². The standard InChI is InChI=1S/C17H28.C14H24.C13H22.C12H20/c1-17(14-5-3-2-4-6-14)15-8-12-7-13(10-15)11-16(17)9-12;1-9(2)14(3)12-5-10-4-11(7-12)8-13(14)6-10;1-3-13(2)11-5-9-4-10(7-11)8-12(13)6-9;1-12(2)10-4-8-3-9(6-10)7-11(12)5-8/h12-16H,2-11H2,1H3;9-13H,4-8H2,1-3H3;9-12H,3-8H2,1-2H3;8-11H,3-7H2,1-2H3. The van der Waals surface area contributed by atoms with E-state index >= 15 is 0 Å². The van der Waals surface area contributed by atoms with E-state index in [0.29, 0.717) is 10.8 Å². The van der Waals surface area contributed by atoms with Crippen LogP contribution in [0, 0.1) is 128 Å². The number of hydrogen-bond acceptors (Lipinski definition) is 0. The highest BCUT2D eigenvalue weighted by molar-refractivity contribution is 5.08. The first kappa shape index (κ1) is 40.1. The maximum Gasteiger partial charge on any atom is -0.0241 e. The van der Waals surface area contributed by atoms with Gasteiger partial charge in [0.05, 0.1) is 0 Å². The molecule has 0 spiro atoms. The van der Waals surface area contributed by atoms with Crippen LogP contribution in [0.3, 0.4) is 0 Å². The summed E-state index contributed by atoms with van der Waals surface area (Å²) in [7, 11) is 0. The first-order chi connectivity index (χ1) is 26.7. The van der Waals surface area contributed by atoms with Gasteiger partial charge in [0.15, 0.2) is 0 Å². The third-order valence-electron chi connectivity index (χ3n) is 24.5. The minimum absolute atomic E-state index is 0.702. The van der Waals surface area contributed by atoms with Gasteiger partial charge in [-0.05, 0) is 269 Å². The van der Waals surface area contributed by atoms with Crippen LogP contribution in [-0.4, -0.2) is 0 Å². The molecule has 0 saturated heterocycles. The maximum absolute atomic E-state index is 2.72. The second kappa shape index (κ2) is 14.8. The zero-order valence-corrected chi connectivity index (χ0v) is 38.8. The van der Waals surface area contributed by atoms with Gasteiger partial charge in [0.2, 0.25) is 0 Å². The molecule has 0 aliphatic heterocycles. The lowest BCUT2D eigenvalue weighted by atomic mass is 9.42. The van der Waals surface area contributed by atoms with Crippen LogP contribution in [0.15, 0.2) is 0 Å². The minimum atomic E-state index is 0.702. The Labute approximate surface area is 349 Å². The fourth-order valence-electron chi connectivity index (χ4n) is 21.0. The van der Waals surface area contributed by atoms with E-state index in [2.05, 4.69) is 55.4 Å². The zero-order valence-electron chi connectivity index (χ0n) is 38.8. The van der Waals surface area contributed by atoms with Gasteiger partial charge in [0.1, 0.15) is 0 Å². The Balaban J connectivity index is 0.0000000922. The Hall–Kier alpha value is 0. The van der Waals surface area contributed by atoms with Gasteiger partial charge in [-0.3, -0.25) is 0 Å². The molecular weight excluding hydrogens is 673 g/mol. The van der Waals surface area contributed by atoms with Crippen molar-refractivity contribution < 1.29 is 0 Å². The Bertz CT molecular complexity index is 1250. The summed E-state index contributed by atoms with van der Waals surface area (Å²) in [5, 5.41) is 0. The molecule has 0 heterocycles. The van der Waals surface area contributed by atoms with Crippen LogP contribution in [0.5, 0.6) is 0 Å². The number of rotatable bonds is 3. The van der Waals surface area contributed by atoms with Gasteiger partial charge in [-0.15, -0.1) is 0 Å². The van der Waals surface area contributed by atoms with E-state index in [-0.39, 0.29) is 0 Å². The molecule has 0 N–H and O–H groups in total. The summed E-state index contributed by atoms with van der Waals surface area (Å²) in [4.78, 5) is 0. The van der Waals surface area contributed by atoms with E-state index in [4.69, 9.17) is 0 Å². The van der Waals surface area contributed by atoms with Gasteiger partial charge in [0.25, 0.3) is 0 Å². The van der Waals surface area contributed by atoms with Gasteiger partial charge in [-0.25, -0.2) is 0 Å². The molecule has 56 heavy (non-hydrogen) atoms. The largest absolute Gasteiger partial charge is 0.0648 e. The van der Waals surface area contributed by atoms with Crippen LogP contribution < -0.4 is 0 Å². The Morgan fingerprint density at radius 3 is 0.982 bits per heavy atom. The van der Waals surface area contributed by atoms with E-state index in [1.165, 1.54) is 25.7 Å². The highest BCUT2D eigenvalue weighted by Gasteiger charge is 2.58. The molecule has 0 amide bonds. The van der Waals surface area contributed by atoms with Crippen LogP contribution in [-0.2, 0) is 0 Å². The number of hydrogen-bond donors (Lipinski definition) is 0. The van der Waals surface area contributed by atoms with Gasteiger partial charge >= 0.3 is 0 Å². The predicted molar refractivity (Wildman–Crippen MR) is 238 cm³/mol. The lowest BCUT2D eigenvalue weighted by Gasteiger charge is -2.63. The van der Waals surface area contributed by atoms with Crippen molar-refractivity contribution in [2.24, 2.45) is 128 Å². The molecule has 16 bridgehead atoms. The van der Waals surface area contributed by atoms with E-state index < -0.39 is 0 Å². The Kier molecular flexibility index (Phi) is 10.6. The molecule has 0 radical (unpaired) electrons. The molecule has 0 nitrogen and oxygen atoms in total. The lowest BCUT2D eigenvalue weighted by Crippen LogP contribution is -2.54. The molecule has 17 saturated carbocycles. The van der Waals surface area contributed by atoms with E-state index in [1.807, 2.05) is 0 Å². The summed E-state index contributed by atoms with van der Waals surface area (Å²) in [5.74, 6) is 19.9. The highest BCUT2D eigenvalue weighted by atomic mass is 14.6. The molecule has 17 fully saturated rings. The van der Waals surface area contributed by atoms with Crippen molar-refractivity contribution in [3.63, 3.8) is 0 Å². The van der Waals surface area contributed by atoms with E-state index in [9.17, 15) is 0 Å². The normalized spacial score (nSPS) is 55.7. The molecule has 17 aliphatic rings. The fraction of sp³-hybridized carbons (Fsp3) is 1.00. The molecule has 0 atom stereocenters. The first-order valence-electron chi connectivity index (χ1n) is 26.7. The Morgan fingerprint density at radius 1 is 0.357 bits per heavy atom. The van der Waals surface area contributed by atoms with Crippen molar-refractivity contribution in [2.45, 2.75) is 222 Å². The topological polar surface area (TPSA) is 0 Å². The molecule has 17 aliphatic carbocycles. The first-order valence-corrected chi connectivity index (χ1v) is 26.7. The third-order valence-corrected chi connectivity index (χ3v) is 24.5. The van der Waals surface area contributed by atoms with Crippen molar-refractivity contribution in [2.75, 3.05) is 0 Å². The second-order valence-corrected chi connectivity index (χ2v) is 27.1. The summed E-state index contributed by atoms with van der Waals surface area (Å²) in [6, 6.07) is 0. The summed E-state index contributed by atoms with van der Waals surface area (Å²) in [6.45, 7) is 20.3. The van der Waals surface area contributed by atoms with Crippen molar-refractivity contribution in [3.8, 4) is 0 Å². The van der Waals surface area contributed by atoms with Crippen LogP contribution in [0.4, 0.5) is 0 Å². The lowest BCUT2D eigenvalue weighted by molar-refractivity contribution is -0.136. The molecular formula is C56H94. The average Bonchev–Trinajstić information content (AvgIpc) is 3.17. The fourth-order valence-corrected chi connectivity index (χ4v) is 21.0. The molecule has 0 aromatic carbocycles. The van der Waals surface area contributed by atoms with Crippen LogP contribution in [0.1, 0.15) is 222 Å². The van der Waals surface area contributed by atoms with Crippen molar-refractivity contribution in [1.29, 1.82) is 0 Å². The monoisotopic (exact) mass is 767 g/mol. The minimum Gasteiger partial charge on any atom is -0.0648 e. The third kappa shape index (κ3) is 6.65. The van der Waals surface area contributed by atoms with Crippen molar-refractivity contribution >= 4 is 0 Å². The summed E-state index contributed by atoms with van der Waals surface area (Å²) >= 11 is 0. The zero-order chi connectivity index (χ0) is 38.8. The van der Waals surface area contributed by atoms with Gasteiger partial charge < -0.3 is 0 Å². The highest BCUT2D eigenvalue weighted by Crippen LogP contribution is 2.68. The second-order valence-electron chi connectivity index (χ2n) is 27.1. The molecule has 0 unspecified atom stereocenters. The smallest absolute Gasteiger partial charge is 0.0241 e. The summed E-state index contributed by atoms with van der Waals surface area (Å²) in [5.41, 5.74) is 2.92. The molecule has 0 aromatic heterocycles. The summed E-state index contributed by atoms with van der Waals surface area (Å²) in [6.07, 6.45) is 40.9. The van der Waals surface area contributed by atoms with E-state index in [1.54, 1.807) is 141 Å². The maximum atomic E-state index is 2.72. The summed E-state index contributed by atoms with van der Waals surface area (Å²) < 4.78 is 0. The molecule has 0 heteroatoms. The van der Waals surface area contributed by atoms with Gasteiger partial charge in [-0.2, -0.15) is 0 Å². The van der Waals surface area contributed by atoms with E-state index in [0.717, 1.165) is 117 Å². The van der Waals surface area contributed by atoms with Gasteiger partial charge in [-0.1, -0.05) is 81.1 Å². The molecule has 0 aromatic rings. The van der Waals surface area contributed by atoms with Gasteiger partial charge in [0, 0.05) is 0 Å². The van der Waals surface area contributed by atoms with Crippen LogP contribution in [0.25, 0.3) is 0 Å². The molecule has 318 valence electrons. The predicted octanol–water partition coefficient (Wildman–Crippen LogP) is 16.5. The SMILES string of the molecule is CC(C)C1(C)C2CC3CC(C2)CC1C3.CC1(C)C2CC3CC(C2)CC1C3.CC1(C2CCCCC2)C2CC3CC(C2)CC1C3.CCC1(C)C2CC3CC(C2)CC1C3. The molecule has 17 rings (SSSR count). The van der Waals surface area contributed by atoms with Crippen LogP contribution in [0.2, 0.25) is 0 Å².